The molecular weight excluding hydrogens is 417 g/mol. The lowest BCUT2D eigenvalue weighted by atomic mass is 10.2. The number of aromatic amines is 1. The minimum atomic E-state index is -0.384. The van der Waals surface area contributed by atoms with Crippen LogP contribution in [0.25, 0.3) is 10.8 Å². The van der Waals surface area contributed by atoms with Gasteiger partial charge in [0.25, 0.3) is 11.1 Å². The van der Waals surface area contributed by atoms with E-state index in [0.29, 0.717) is 42.6 Å². The maximum absolute atomic E-state index is 13.0. The summed E-state index contributed by atoms with van der Waals surface area (Å²) in [6, 6.07) is 11.7. The number of nitrogens with one attached hydrogen (secondary N) is 2. The molecule has 166 valence electrons. The van der Waals surface area contributed by atoms with Gasteiger partial charge in [0.1, 0.15) is 5.82 Å². The Labute approximate surface area is 182 Å². The molecule has 2 aromatic carbocycles. The van der Waals surface area contributed by atoms with E-state index in [9.17, 15) is 23.6 Å². The summed E-state index contributed by atoms with van der Waals surface area (Å²) in [6.07, 6.45) is 0.0516. The highest BCUT2D eigenvalue weighted by molar-refractivity contribution is 5.89. The van der Waals surface area contributed by atoms with Crippen molar-refractivity contribution >= 4 is 28.4 Å². The lowest BCUT2D eigenvalue weighted by Crippen LogP contribution is -2.51. The van der Waals surface area contributed by atoms with Gasteiger partial charge in [-0.3, -0.25) is 19.5 Å². The molecule has 1 fully saturated rings. The van der Waals surface area contributed by atoms with Crippen LogP contribution in [-0.4, -0.2) is 57.7 Å². The molecule has 1 aromatic heterocycles. The van der Waals surface area contributed by atoms with Gasteiger partial charge in [-0.2, -0.15) is 0 Å². The number of anilines is 1. The smallest absolute Gasteiger partial charge is 0.321 e. The molecule has 1 aliphatic heterocycles. The molecule has 3 amide bonds. The lowest BCUT2D eigenvalue weighted by molar-refractivity contribution is -0.132. The van der Waals surface area contributed by atoms with Crippen molar-refractivity contribution in [2.45, 2.75) is 13.0 Å². The Morgan fingerprint density at radius 2 is 1.53 bits per heavy atom. The number of piperazine rings is 1. The van der Waals surface area contributed by atoms with Crippen molar-refractivity contribution in [1.29, 1.82) is 0 Å². The molecule has 10 heteroatoms. The standard InChI is InChI=1S/C22H22FN5O4/c23-15-5-7-16(8-6-15)24-22(32)27-13-11-26(12-14-27)19(29)9-10-28-21(31)18-4-2-1-3-17(18)20(30)25-28/h1-8H,9-14H2,(H,24,32)(H,25,30). The number of fused-ring (bicyclic) bond motifs is 1. The van der Waals surface area contributed by atoms with Gasteiger partial charge in [0.05, 0.1) is 17.3 Å². The second-order valence-corrected chi connectivity index (χ2v) is 7.50. The van der Waals surface area contributed by atoms with Gasteiger partial charge < -0.3 is 15.1 Å². The maximum atomic E-state index is 13.0. The highest BCUT2D eigenvalue weighted by Gasteiger charge is 2.24. The highest BCUT2D eigenvalue weighted by Crippen LogP contribution is 2.11. The van der Waals surface area contributed by atoms with Crippen LogP contribution in [0.4, 0.5) is 14.9 Å². The first-order chi connectivity index (χ1) is 15.4. The SMILES string of the molecule is O=C(CCn1[nH]c(=O)c2ccccc2c1=O)N1CCN(C(=O)Nc2ccc(F)cc2)CC1. The number of H-pyrrole nitrogens is 1. The zero-order chi connectivity index (χ0) is 22.7. The molecule has 0 spiro atoms. The summed E-state index contributed by atoms with van der Waals surface area (Å²) in [6.45, 7) is 1.48. The molecule has 2 N–H and O–H groups in total. The predicted octanol–water partition coefficient (Wildman–Crippen LogP) is 1.60. The minimum Gasteiger partial charge on any atom is -0.339 e. The van der Waals surface area contributed by atoms with Crippen molar-refractivity contribution < 1.29 is 14.0 Å². The molecule has 0 atom stereocenters. The summed E-state index contributed by atoms with van der Waals surface area (Å²) in [5.74, 6) is -0.547. The third-order valence-electron chi connectivity index (χ3n) is 5.45. The van der Waals surface area contributed by atoms with Gasteiger partial charge in [0, 0.05) is 38.3 Å². The van der Waals surface area contributed by atoms with Crippen LogP contribution in [0.3, 0.4) is 0 Å². The molecule has 32 heavy (non-hydrogen) atoms. The fourth-order valence-corrected chi connectivity index (χ4v) is 3.66. The van der Waals surface area contributed by atoms with Crippen molar-refractivity contribution in [3.05, 3.63) is 75.1 Å². The number of hydrogen-bond donors (Lipinski definition) is 2. The quantitative estimate of drug-likeness (QED) is 0.644. The molecule has 0 aliphatic carbocycles. The van der Waals surface area contributed by atoms with Gasteiger partial charge in [0.2, 0.25) is 5.91 Å². The van der Waals surface area contributed by atoms with Gasteiger partial charge in [0.15, 0.2) is 0 Å². The molecule has 1 aliphatic rings. The van der Waals surface area contributed by atoms with Gasteiger partial charge in [-0.05, 0) is 36.4 Å². The van der Waals surface area contributed by atoms with E-state index >= 15 is 0 Å². The number of aryl methyl sites for hydroxylation is 1. The van der Waals surface area contributed by atoms with Crippen LogP contribution in [-0.2, 0) is 11.3 Å². The van der Waals surface area contributed by atoms with E-state index in [0.717, 1.165) is 4.68 Å². The molecule has 0 saturated carbocycles. The van der Waals surface area contributed by atoms with Crippen LogP contribution in [0.2, 0.25) is 0 Å². The van der Waals surface area contributed by atoms with Crippen molar-refractivity contribution in [2.24, 2.45) is 0 Å². The van der Waals surface area contributed by atoms with E-state index in [1.165, 1.54) is 24.3 Å². The number of aromatic nitrogens is 2. The zero-order valence-electron chi connectivity index (χ0n) is 17.2. The fourth-order valence-electron chi connectivity index (χ4n) is 3.66. The summed E-state index contributed by atoms with van der Waals surface area (Å²) >= 11 is 0. The number of hydrogen-bond acceptors (Lipinski definition) is 4. The molecule has 0 unspecified atom stereocenters. The van der Waals surface area contributed by atoms with E-state index in [-0.39, 0.29) is 41.8 Å². The number of rotatable bonds is 4. The first-order valence-corrected chi connectivity index (χ1v) is 10.2. The van der Waals surface area contributed by atoms with Gasteiger partial charge in [-0.1, -0.05) is 12.1 Å². The van der Waals surface area contributed by atoms with Crippen molar-refractivity contribution in [2.75, 3.05) is 31.5 Å². The number of carbonyl (C=O) groups is 2. The topological polar surface area (TPSA) is 108 Å². The summed E-state index contributed by atoms with van der Waals surface area (Å²) in [5, 5.41) is 5.84. The molecule has 0 bridgehead atoms. The number of benzene rings is 2. The first kappa shape index (κ1) is 21.3. The Hall–Kier alpha value is -3.95. The normalized spacial score (nSPS) is 13.9. The predicted molar refractivity (Wildman–Crippen MR) is 117 cm³/mol. The van der Waals surface area contributed by atoms with Crippen LogP contribution in [0.1, 0.15) is 6.42 Å². The van der Waals surface area contributed by atoms with Gasteiger partial charge >= 0.3 is 6.03 Å². The van der Waals surface area contributed by atoms with E-state index in [1.807, 2.05) is 0 Å². The first-order valence-electron chi connectivity index (χ1n) is 10.2. The zero-order valence-corrected chi connectivity index (χ0v) is 17.2. The van der Waals surface area contributed by atoms with Gasteiger partial charge in [-0.25, -0.2) is 13.9 Å². The molecule has 9 nitrogen and oxygen atoms in total. The summed E-state index contributed by atoms with van der Waals surface area (Å²) in [5.41, 5.74) is -0.242. The number of nitrogens with zero attached hydrogens (tertiary/aromatic N) is 3. The Balaban J connectivity index is 1.31. The Morgan fingerprint density at radius 1 is 0.906 bits per heavy atom. The van der Waals surface area contributed by atoms with Crippen molar-refractivity contribution in [3.8, 4) is 0 Å². The Kier molecular flexibility index (Phi) is 6.02. The maximum Gasteiger partial charge on any atom is 0.321 e. The van der Waals surface area contributed by atoms with E-state index in [4.69, 9.17) is 0 Å². The van der Waals surface area contributed by atoms with Gasteiger partial charge in [-0.15, -0.1) is 0 Å². The number of carbonyl (C=O) groups excluding carboxylic acids is 2. The average Bonchev–Trinajstić information content (AvgIpc) is 2.82. The second-order valence-electron chi connectivity index (χ2n) is 7.50. The molecule has 0 radical (unpaired) electrons. The molecule has 2 heterocycles. The molecule has 4 rings (SSSR count). The highest BCUT2D eigenvalue weighted by atomic mass is 19.1. The van der Waals surface area contributed by atoms with Crippen LogP contribution in [0.15, 0.2) is 58.1 Å². The number of halogens is 1. The van der Waals surface area contributed by atoms with Crippen molar-refractivity contribution in [3.63, 3.8) is 0 Å². The van der Waals surface area contributed by atoms with E-state index in [2.05, 4.69) is 10.4 Å². The van der Waals surface area contributed by atoms with Crippen molar-refractivity contribution in [1.82, 2.24) is 19.6 Å². The van der Waals surface area contributed by atoms with Crippen LogP contribution in [0.5, 0.6) is 0 Å². The summed E-state index contributed by atoms with van der Waals surface area (Å²) < 4.78 is 14.1. The molecule has 3 aromatic rings. The average molecular weight is 439 g/mol. The summed E-state index contributed by atoms with van der Waals surface area (Å²) in [7, 11) is 0. The Morgan fingerprint density at radius 3 is 2.22 bits per heavy atom. The summed E-state index contributed by atoms with van der Waals surface area (Å²) in [4.78, 5) is 52.9. The third kappa shape index (κ3) is 4.53. The molecule has 1 saturated heterocycles. The van der Waals surface area contributed by atoms with Crippen LogP contribution >= 0.6 is 0 Å². The monoisotopic (exact) mass is 439 g/mol. The minimum absolute atomic E-state index is 0.0516. The number of amides is 3. The van der Waals surface area contributed by atoms with Crippen LogP contribution < -0.4 is 16.4 Å². The van der Waals surface area contributed by atoms with Crippen LogP contribution in [0, 0.1) is 5.82 Å². The fraction of sp³-hybridized carbons (Fsp3) is 0.273. The van der Waals surface area contributed by atoms with E-state index < -0.39 is 0 Å². The largest absolute Gasteiger partial charge is 0.339 e. The molecular formula is C22H22FN5O4. The van der Waals surface area contributed by atoms with E-state index in [1.54, 1.807) is 34.1 Å². The second kappa shape index (κ2) is 9.04. The third-order valence-corrected chi connectivity index (χ3v) is 5.45. The lowest BCUT2D eigenvalue weighted by Gasteiger charge is -2.34. The Bertz CT molecular complexity index is 1260. The number of urea groups is 1.